The largest absolute Gasteiger partial charge is 0.451 e. The van der Waals surface area contributed by atoms with Gasteiger partial charge in [0.25, 0.3) is 5.91 Å². The first-order valence-electron chi connectivity index (χ1n) is 7.53. The van der Waals surface area contributed by atoms with Gasteiger partial charge in [0.15, 0.2) is 17.7 Å². The van der Waals surface area contributed by atoms with Crippen LogP contribution in [0.25, 0.3) is 0 Å². The van der Waals surface area contributed by atoms with Gasteiger partial charge in [-0.3, -0.25) is 9.59 Å². The van der Waals surface area contributed by atoms with Crippen molar-refractivity contribution < 1.29 is 27.9 Å². The minimum atomic E-state index is -1.14. The second-order valence-electron chi connectivity index (χ2n) is 5.57. The molecule has 1 N–H and O–H groups in total. The summed E-state index contributed by atoms with van der Waals surface area (Å²) in [6.07, 6.45) is 0.0325. The first-order chi connectivity index (χ1) is 11.3. The van der Waals surface area contributed by atoms with Crippen LogP contribution in [0.2, 0.25) is 0 Å². The quantitative estimate of drug-likeness (QED) is 0.849. The standard InChI is InChI=1S/C16H18F2N2O4/c1-9(15(22)19-11-5-6-12(17)13(18)8-11)24-16(23)14-4-3-7-20(14)10(2)21/h5-6,8-9,14H,3-4,7H2,1-2H3,(H,19,22)/t9-,14-/m1/s1. The fraction of sp³-hybridized carbons (Fsp3) is 0.438. The molecule has 0 aromatic heterocycles. The summed E-state index contributed by atoms with van der Waals surface area (Å²) in [5.74, 6) is -3.69. The van der Waals surface area contributed by atoms with Gasteiger partial charge in [-0.25, -0.2) is 13.6 Å². The highest BCUT2D eigenvalue weighted by atomic mass is 19.2. The number of likely N-dealkylation sites (tertiary alicyclic amines) is 1. The van der Waals surface area contributed by atoms with Crippen LogP contribution in [0.4, 0.5) is 14.5 Å². The van der Waals surface area contributed by atoms with Gasteiger partial charge in [-0.2, -0.15) is 0 Å². The van der Waals surface area contributed by atoms with Gasteiger partial charge >= 0.3 is 5.97 Å². The van der Waals surface area contributed by atoms with E-state index in [1.54, 1.807) is 0 Å². The van der Waals surface area contributed by atoms with E-state index in [0.717, 1.165) is 12.1 Å². The van der Waals surface area contributed by atoms with Crippen molar-refractivity contribution in [3.05, 3.63) is 29.8 Å². The number of nitrogens with zero attached hydrogens (tertiary/aromatic N) is 1. The third kappa shape index (κ3) is 4.06. The van der Waals surface area contributed by atoms with Crippen LogP contribution in [-0.4, -0.2) is 41.4 Å². The van der Waals surface area contributed by atoms with Crippen LogP contribution < -0.4 is 5.32 Å². The van der Waals surface area contributed by atoms with Crippen molar-refractivity contribution in [2.45, 2.75) is 38.8 Å². The maximum atomic E-state index is 13.1. The van der Waals surface area contributed by atoms with Crippen LogP contribution in [0.5, 0.6) is 0 Å². The first kappa shape index (κ1) is 17.8. The van der Waals surface area contributed by atoms with E-state index in [-0.39, 0.29) is 11.6 Å². The van der Waals surface area contributed by atoms with E-state index in [9.17, 15) is 23.2 Å². The van der Waals surface area contributed by atoms with Crippen LogP contribution in [0, 0.1) is 11.6 Å². The van der Waals surface area contributed by atoms with E-state index in [1.807, 2.05) is 0 Å². The highest BCUT2D eigenvalue weighted by Crippen LogP contribution is 2.19. The molecule has 1 aromatic carbocycles. The van der Waals surface area contributed by atoms with Gasteiger partial charge in [0.05, 0.1) is 0 Å². The Kier molecular flexibility index (Phi) is 5.48. The second kappa shape index (κ2) is 7.37. The van der Waals surface area contributed by atoms with E-state index in [4.69, 9.17) is 4.74 Å². The molecule has 1 aliphatic heterocycles. The molecule has 1 heterocycles. The molecule has 0 saturated carbocycles. The lowest BCUT2D eigenvalue weighted by molar-refractivity contribution is -0.159. The molecule has 24 heavy (non-hydrogen) atoms. The highest BCUT2D eigenvalue weighted by Gasteiger charge is 2.35. The summed E-state index contributed by atoms with van der Waals surface area (Å²) in [4.78, 5) is 37.0. The number of ether oxygens (including phenoxy) is 1. The summed E-state index contributed by atoms with van der Waals surface area (Å²) >= 11 is 0. The van der Waals surface area contributed by atoms with Gasteiger partial charge in [0.2, 0.25) is 5.91 Å². The molecule has 8 heteroatoms. The molecule has 0 radical (unpaired) electrons. The zero-order chi connectivity index (χ0) is 17.9. The smallest absolute Gasteiger partial charge is 0.329 e. The zero-order valence-electron chi connectivity index (χ0n) is 13.3. The maximum absolute atomic E-state index is 13.1. The molecule has 130 valence electrons. The topological polar surface area (TPSA) is 75.7 Å². The predicted molar refractivity (Wildman–Crippen MR) is 81.0 cm³/mol. The Hall–Kier alpha value is -2.51. The maximum Gasteiger partial charge on any atom is 0.329 e. The molecule has 1 saturated heterocycles. The van der Waals surface area contributed by atoms with E-state index in [2.05, 4.69) is 5.32 Å². The van der Waals surface area contributed by atoms with E-state index >= 15 is 0 Å². The number of anilines is 1. The van der Waals surface area contributed by atoms with Crippen molar-refractivity contribution in [3.63, 3.8) is 0 Å². The summed E-state index contributed by atoms with van der Waals surface area (Å²) in [7, 11) is 0. The molecule has 1 aromatic rings. The number of hydrogen-bond acceptors (Lipinski definition) is 4. The number of halogens is 2. The average Bonchev–Trinajstić information content (AvgIpc) is 3.00. The number of carbonyl (C=O) groups excluding carboxylic acids is 3. The Morgan fingerprint density at radius 1 is 1.29 bits per heavy atom. The lowest BCUT2D eigenvalue weighted by atomic mass is 10.2. The fourth-order valence-electron chi connectivity index (χ4n) is 2.51. The van der Waals surface area contributed by atoms with Crippen LogP contribution in [-0.2, 0) is 19.1 Å². The lowest BCUT2D eigenvalue weighted by Gasteiger charge is -2.23. The van der Waals surface area contributed by atoms with E-state index in [1.165, 1.54) is 24.8 Å². The molecule has 2 atom stereocenters. The van der Waals surface area contributed by atoms with Gasteiger partial charge in [0.1, 0.15) is 6.04 Å². The summed E-state index contributed by atoms with van der Waals surface area (Å²) in [5, 5.41) is 2.34. The second-order valence-corrected chi connectivity index (χ2v) is 5.57. The Morgan fingerprint density at radius 2 is 2.00 bits per heavy atom. The van der Waals surface area contributed by atoms with E-state index < -0.39 is 35.7 Å². The first-order valence-corrected chi connectivity index (χ1v) is 7.53. The van der Waals surface area contributed by atoms with Gasteiger partial charge in [-0.15, -0.1) is 0 Å². The minimum absolute atomic E-state index is 0.0491. The van der Waals surface area contributed by atoms with Crippen molar-refractivity contribution in [1.29, 1.82) is 0 Å². The van der Waals surface area contributed by atoms with E-state index in [0.29, 0.717) is 19.4 Å². The van der Waals surface area contributed by atoms with Gasteiger partial charge in [-0.05, 0) is 31.9 Å². The Balaban J connectivity index is 1.94. The predicted octanol–water partition coefficient (Wildman–Crippen LogP) is 1.85. The van der Waals surface area contributed by atoms with Crippen molar-refractivity contribution >= 4 is 23.5 Å². The van der Waals surface area contributed by atoms with Gasteiger partial charge in [-0.1, -0.05) is 0 Å². The summed E-state index contributed by atoms with van der Waals surface area (Å²) in [6, 6.07) is 2.21. The minimum Gasteiger partial charge on any atom is -0.451 e. The number of rotatable bonds is 4. The number of benzene rings is 1. The highest BCUT2D eigenvalue weighted by molar-refractivity contribution is 5.95. The molecular formula is C16H18F2N2O4. The molecule has 0 spiro atoms. The summed E-state index contributed by atoms with van der Waals surface area (Å²) in [6.45, 7) is 3.20. The van der Waals surface area contributed by atoms with Gasteiger partial charge in [0, 0.05) is 25.2 Å². The molecule has 2 amide bonds. The molecule has 0 bridgehead atoms. The number of esters is 1. The van der Waals surface area contributed by atoms with Gasteiger partial charge < -0.3 is 15.0 Å². The fourth-order valence-corrected chi connectivity index (χ4v) is 2.51. The zero-order valence-corrected chi connectivity index (χ0v) is 13.3. The summed E-state index contributed by atoms with van der Waals surface area (Å²) < 4.78 is 31.1. The molecule has 0 aliphatic carbocycles. The molecule has 2 rings (SSSR count). The molecule has 1 fully saturated rings. The number of amides is 2. The third-order valence-electron chi connectivity index (χ3n) is 3.78. The lowest BCUT2D eigenvalue weighted by Crippen LogP contribution is -2.42. The molecule has 6 nitrogen and oxygen atoms in total. The molecule has 0 unspecified atom stereocenters. The average molecular weight is 340 g/mol. The third-order valence-corrected chi connectivity index (χ3v) is 3.78. The van der Waals surface area contributed by atoms with Crippen molar-refractivity contribution in [1.82, 2.24) is 4.90 Å². The van der Waals surface area contributed by atoms with Crippen LogP contribution in [0.3, 0.4) is 0 Å². The van der Waals surface area contributed by atoms with Crippen molar-refractivity contribution in [2.75, 3.05) is 11.9 Å². The Bertz CT molecular complexity index is 665. The Labute approximate surface area is 137 Å². The molecule has 1 aliphatic rings. The molecular weight excluding hydrogens is 322 g/mol. The number of hydrogen-bond donors (Lipinski definition) is 1. The normalized spacial score (nSPS) is 18.2. The SMILES string of the molecule is CC(=O)N1CCC[C@@H]1C(=O)O[C@H](C)C(=O)Nc1ccc(F)c(F)c1. The number of carbonyl (C=O) groups is 3. The van der Waals surface area contributed by atoms with Crippen molar-refractivity contribution in [3.8, 4) is 0 Å². The Morgan fingerprint density at radius 3 is 2.62 bits per heavy atom. The van der Waals surface area contributed by atoms with Crippen molar-refractivity contribution in [2.24, 2.45) is 0 Å². The monoisotopic (exact) mass is 340 g/mol. The van der Waals surface area contributed by atoms with Crippen LogP contribution in [0.15, 0.2) is 18.2 Å². The number of nitrogens with one attached hydrogen (secondary N) is 1. The van der Waals surface area contributed by atoms with Crippen LogP contribution >= 0.6 is 0 Å². The summed E-state index contributed by atoms with van der Waals surface area (Å²) in [5.41, 5.74) is 0.0491. The van der Waals surface area contributed by atoms with Crippen LogP contribution in [0.1, 0.15) is 26.7 Å².